The van der Waals surface area contributed by atoms with Crippen LogP contribution in [-0.2, 0) is 0 Å². The van der Waals surface area contributed by atoms with Crippen molar-refractivity contribution in [1.82, 2.24) is 4.98 Å². The van der Waals surface area contributed by atoms with E-state index < -0.39 is 5.97 Å². The molecule has 0 saturated carbocycles. The third-order valence-electron chi connectivity index (χ3n) is 2.06. The van der Waals surface area contributed by atoms with Gasteiger partial charge in [0.25, 0.3) is 0 Å². The van der Waals surface area contributed by atoms with Gasteiger partial charge in [-0.1, -0.05) is 0 Å². The second-order valence-electron chi connectivity index (χ2n) is 3.07. The number of carboxylic acid groups (broad SMARTS) is 1. The molecule has 4 nitrogen and oxygen atoms in total. The molecular formula is C11H10ClNO3S. The quantitative estimate of drug-likeness (QED) is 0.932. The van der Waals surface area contributed by atoms with Gasteiger partial charge in [0.1, 0.15) is 10.8 Å². The van der Waals surface area contributed by atoms with E-state index in [0.717, 1.165) is 11.3 Å². The molecule has 0 aliphatic carbocycles. The largest absolute Gasteiger partial charge is 0.497 e. The number of aromatic nitrogens is 1. The van der Waals surface area contributed by atoms with E-state index >= 15 is 0 Å². The number of hydrogen-bond acceptors (Lipinski definition) is 4. The average molecular weight is 272 g/mol. The second kappa shape index (κ2) is 5.65. The number of carbonyl (C=O) groups is 1. The molecule has 2 aromatic rings. The maximum atomic E-state index is 10.7. The molecule has 0 atom stereocenters. The van der Waals surface area contributed by atoms with Gasteiger partial charge in [0, 0.05) is 10.9 Å². The van der Waals surface area contributed by atoms with Gasteiger partial charge in [-0.15, -0.1) is 23.7 Å². The zero-order valence-corrected chi connectivity index (χ0v) is 10.5. The molecule has 0 fully saturated rings. The molecule has 0 aliphatic heterocycles. The Morgan fingerprint density at radius 3 is 2.47 bits per heavy atom. The Kier molecular flexibility index (Phi) is 4.48. The van der Waals surface area contributed by atoms with Crippen LogP contribution in [0.15, 0.2) is 29.6 Å². The maximum absolute atomic E-state index is 10.7. The van der Waals surface area contributed by atoms with E-state index in [1.807, 2.05) is 24.3 Å². The van der Waals surface area contributed by atoms with Gasteiger partial charge in [-0.2, -0.15) is 0 Å². The van der Waals surface area contributed by atoms with Crippen molar-refractivity contribution < 1.29 is 14.6 Å². The number of thiazole rings is 1. The highest BCUT2D eigenvalue weighted by molar-refractivity contribution is 7.13. The van der Waals surface area contributed by atoms with Crippen molar-refractivity contribution in [3.05, 3.63) is 35.3 Å². The lowest BCUT2D eigenvalue weighted by atomic mass is 10.2. The fraction of sp³-hybridized carbons (Fsp3) is 0.0909. The van der Waals surface area contributed by atoms with Crippen LogP contribution in [0.2, 0.25) is 0 Å². The summed E-state index contributed by atoms with van der Waals surface area (Å²) in [7, 11) is 1.60. The van der Waals surface area contributed by atoms with Crippen LogP contribution in [0.4, 0.5) is 0 Å². The van der Waals surface area contributed by atoms with E-state index in [9.17, 15) is 4.79 Å². The first-order valence-corrected chi connectivity index (χ1v) is 5.42. The number of aromatic carboxylic acids is 1. The number of methoxy groups -OCH3 is 1. The molecular weight excluding hydrogens is 262 g/mol. The molecule has 0 radical (unpaired) electrons. The Balaban J connectivity index is 0.00000144. The van der Waals surface area contributed by atoms with Crippen molar-refractivity contribution in [1.29, 1.82) is 0 Å². The van der Waals surface area contributed by atoms with Gasteiger partial charge in [-0.3, -0.25) is 0 Å². The van der Waals surface area contributed by atoms with Crippen LogP contribution < -0.4 is 4.74 Å². The standard InChI is InChI=1S/C11H9NO3S.ClH/c1-15-8-4-2-7(3-5-8)10-12-9(6-16-10)11(13)14;/h2-6H,1H3,(H,13,14);1H. The van der Waals surface area contributed by atoms with E-state index in [0.29, 0.717) is 5.01 Å². The summed E-state index contributed by atoms with van der Waals surface area (Å²) < 4.78 is 5.04. The monoisotopic (exact) mass is 271 g/mol. The molecule has 0 bridgehead atoms. The van der Waals surface area contributed by atoms with E-state index in [4.69, 9.17) is 9.84 Å². The Morgan fingerprint density at radius 2 is 2.00 bits per heavy atom. The number of carboxylic acids is 1. The lowest BCUT2D eigenvalue weighted by Gasteiger charge is -1.99. The van der Waals surface area contributed by atoms with Gasteiger partial charge in [0.15, 0.2) is 5.69 Å². The lowest BCUT2D eigenvalue weighted by molar-refractivity contribution is 0.0691. The van der Waals surface area contributed by atoms with Crippen molar-refractivity contribution in [3.63, 3.8) is 0 Å². The lowest BCUT2D eigenvalue weighted by Crippen LogP contribution is -1.95. The van der Waals surface area contributed by atoms with Crippen LogP contribution in [0.5, 0.6) is 5.75 Å². The number of ether oxygens (including phenoxy) is 1. The Labute approximate surface area is 108 Å². The summed E-state index contributed by atoms with van der Waals surface area (Å²) in [4.78, 5) is 14.7. The summed E-state index contributed by atoms with van der Waals surface area (Å²) in [5, 5.41) is 11.0. The normalized spacial score (nSPS) is 9.47. The van der Waals surface area contributed by atoms with Gasteiger partial charge in [0.2, 0.25) is 0 Å². The number of benzene rings is 1. The van der Waals surface area contributed by atoms with Gasteiger partial charge in [-0.05, 0) is 24.3 Å². The molecule has 1 aromatic carbocycles. The van der Waals surface area contributed by atoms with E-state index in [2.05, 4.69) is 4.98 Å². The number of rotatable bonds is 3. The predicted octanol–water partition coefficient (Wildman–Crippen LogP) is 2.94. The highest BCUT2D eigenvalue weighted by atomic mass is 35.5. The zero-order chi connectivity index (χ0) is 11.5. The summed E-state index contributed by atoms with van der Waals surface area (Å²) in [6, 6.07) is 7.33. The molecule has 6 heteroatoms. The van der Waals surface area contributed by atoms with Crippen LogP contribution in [0, 0.1) is 0 Å². The molecule has 0 aliphatic rings. The summed E-state index contributed by atoms with van der Waals surface area (Å²) >= 11 is 1.31. The van der Waals surface area contributed by atoms with Gasteiger partial charge in [0.05, 0.1) is 7.11 Å². The Bertz CT molecular complexity index is 510. The summed E-state index contributed by atoms with van der Waals surface area (Å²) in [5.41, 5.74) is 0.967. The van der Waals surface area contributed by atoms with Gasteiger partial charge in [-0.25, -0.2) is 9.78 Å². The summed E-state index contributed by atoms with van der Waals surface area (Å²) in [6.07, 6.45) is 0. The molecule has 1 heterocycles. The maximum Gasteiger partial charge on any atom is 0.355 e. The highest BCUT2D eigenvalue weighted by Gasteiger charge is 2.09. The van der Waals surface area contributed by atoms with Crippen LogP contribution in [0.25, 0.3) is 10.6 Å². The molecule has 1 aromatic heterocycles. The van der Waals surface area contributed by atoms with Gasteiger partial charge >= 0.3 is 5.97 Å². The highest BCUT2D eigenvalue weighted by Crippen LogP contribution is 2.25. The molecule has 0 saturated heterocycles. The second-order valence-corrected chi connectivity index (χ2v) is 3.93. The SMILES string of the molecule is COc1ccc(-c2nc(C(=O)O)cs2)cc1.Cl. The molecule has 0 unspecified atom stereocenters. The van der Waals surface area contributed by atoms with Crippen LogP contribution >= 0.6 is 23.7 Å². The fourth-order valence-corrected chi connectivity index (χ4v) is 2.04. The Morgan fingerprint density at radius 1 is 1.35 bits per heavy atom. The first kappa shape index (κ1) is 13.5. The molecule has 0 spiro atoms. The molecule has 0 amide bonds. The zero-order valence-electron chi connectivity index (χ0n) is 8.91. The summed E-state index contributed by atoms with van der Waals surface area (Å²) in [5.74, 6) is -0.241. The molecule has 2 rings (SSSR count). The first-order valence-electron chi connectivity index (χ1n) is 4.54. The van der Waals surface area contributed by atoms with Crippen LogP contribution in [0.3, 0.4) is 0 Å². The van der Waals surface area contributed by atoms with Crippen molar-refractivity contribution in [2.45, 2.75) is 0 Å². The molecule has 17 heavy (non-hydrogen) atoms. The summed E-state index contributed by atoms with van der Waals surface area (Å²) in [6.45, 7) is 0. The minimum absolute atomic E-state index is 0. The average Bonchev–Trinajstić information content (AvgIpc) is 2.78. The number of nitrogens with zero attached hydrogens (tertiary/aromatic N) is 1. The third-order valence-corrected chi connectivity index (χ3v) is 2.95. The van der Waals surface area contributed by atoms with Crippen molar-refractivity contribution in [2.24, 2.45) is 0 Å². The third kappa shape index (κ3) is 2.95. The predicted molar refractivity (Wildman–Crippen MR) is 68.3 cm³/mol. The topological polar surface area (TPSA) is 59.4 Å². The van der Waals surface area contributed by atoms with E-state index in [1.54, 1.807) is 7.11 Å². The fourth-order valence-electron chi connectivity index (χ4n) is 1.24. The van der Waals surface area contributed by atoms with Crippen molar-refractivity contribution >= 4 is 29.7 Å². The van der Waals surface area contributed by atoms with Crippen LogP contribution in [0.1, 0.15) is 10.5 Å². The minimum atomic E-state index is -1.00. The molecule has 90 valence electrons. The number of halogens is 1. The van der Waals surface area contributed by atoms with E-state index in [1.165, 1.54) is 16.7 Å². The van der Waals surface area contributed by atoms with Crippen LogP contribution in [-0.4, -0.2) is 23.2 Å². The smallest absolute Gasteiger partial charge is 0.355 e. The van der Waals surface area contributed by atoms with Gasteiger partial charge < -0.3 is 9.84 Å². The molecule has 1 N–H and O–H groups in total. The number of hydrogen-bond donors (Lipinski definition) is 1. The first-order chi connectivity index (χ1) is 7.70. The van der Waals surface area contributed by atoms with Crippen molar-refractivity contribution in [3.8, 4) is 16.3 Å². The van der Waals surface area contributed by atoms with Crippen molar-refractivity contribution in [2.75, 3.05) is 7.11 Å². The minimum Gasteiger partial charge on any atom is -0.497 e. The van der Waals surface area contributed by atoms with E-state index in [-0.39, 0.29) is 18.1 Å². The Hall–Kier alpha value is -1.59.